The van der Waals surface area contributed by atoms with E-state index >= 15 is 0 Å². The van der Waals surface area contributed by atoms with Crippen LogP contribution in [0.2, 0.25) is 5.02 Å². The summed E-state index contributed by atoms with van der Waals surface area (Å²) in [6.07, 6.45) is 4.78. The number of amides is 2. The minimum atomic E-state index is -3.86. The first kappa shape index (κ1) is 26.0. The molecule has 184 valence electrons. The van der Waals surface area contributed by atoms with Crippen LogP contribution in [-0.2, 0) is 26.2 Å². The molecule has 7 nitrogen and oxygen atoms in total. The fourth-order valence-corrected chi connectivity index (χ4v) is 5.06. The second-order valence-corrected chi connectivity index (χ2v) is 10.9. The van der Waals surface area contributed by atoms with E-state index in [2.05, 4.69) is 5.32 Å². The molecule has 0 heterocycles. The first-order valence-corrected chi connectivity index (χ1v) is 13.4. The zero-order valence-electron chi connectivity index (χ0n) is 19.2. The quantitative estimate of drug-likeness (QED) is 0.558. The molecule has 1 N–H and O–H groups in total. The third-order valence-electron chi connectivity index (χ3n) is 5.94. The van der Waals surface area contributed by atoms with Gasteiger partial charge in [0.05, 0.1) is 11.9 Å². The fraction of sp³-hybridized carbons (Fsp3) is 0.417. The van der Waals surface area contributed by atoms with Crippen molar-refractivity contribution in [3.8, 4) is 0 Å². The summed E-state index contributed by atoms with van der Waals surface area (Å²) in [5, 5.41) is 3.27. The lowest BCUT2D eigenvalue weighted by atomic mass is 10.1. The first-order chi connectivity index (χ1) is 16.1. The highest BCUT2D eigenvalue weighted by Gasteiger charge is 2.31. The van der Waals surface area contributed by atoms with Gasteiger partial charge in [-0.3, -0.25) is 13.9 Å². The van der Waals surface area contributed by atoms with Crippen molar-refractivity contribution in [3.63, 3.8) is 0 Å². The first-order valence-electron chi connectivity index (χ1n) is 11.1. The van der Waals surface area contributed by atoms with Crippen LogP contribution in [0.25, 0.3) is 0 Å². The summed E-state index contributed by atoms with van der Waals surface area (Å²) < 4.78 is 40.4. The summed E-state index contributed by atoms with van der Waals surface area (Å²) in [6, 6.07) is 11.2. The van der Waals surface area contributed by atoms with Crippen molar-refractivity contribution in [1.82, 2.24) is 10.2 Å². The van der Waals surface area contributed by atoms with Gasteiger partial charge in [0.25, 0.3) is 0 Å². The van der Waals surface area contributed by atoms with Crippen LogP contribution >= 0.6 is 11.6 Å². The van der Waals surface area contributed by atoms with Gasteiger partial charge in [-0.1, -0.05) is 48.7 Å². The number of carbonyl (C=O) groups excluding carboxylic acids is 2. The van der Waals surface area contributed by atoms with Gasteiger partial charge in [0.1, 0.15) is 18.4 Å². The molecule has 0 spiro atoms. The van der Waals surface area contributed by atoms with Crippen molar-refractivity contribution in [2.75, 3.05) is 17.1 Å². The molecule has 34 heavy (non-hydrogen) atoms. The number of sulfonamides is 1. The van der Waals surface area contributed by atoms with E-state index < -0.39 is 34.3 Å². The van der Waals surface area contributed by atoms with Crippen LogP contribution in [0.15, 0.2) is 48.5 Å². The van der Waals surface area contributed by atoms with Gasteiger partial charge >= 0.3 is 0 Å². The molecule has 2 aromatic carbocycles. The molecule has 1 atom stereocenters. The summed E-state index contributed by atoms with van der Waals surface area (Å²) in [6.45, 7) is 0.819. The van der Waals surface area contributed by atoms with Gasteiger partial charge in [-0.25, -0.2) is 12.8 Å². The second-order valence-electron chi connectivity index (χ2n) is 8.53. The molecule has 3 rings (SSSR count). The van der Waals surface area contributed by atoms with E-state index in [-0.39, 0.29) is 29.7 Å². The number of nitrogens with one attached hydrogen (secondary N) is 1. The molecule has 2 aromatic rings. The Kier molecular flexibility index (Phi) is 8.54. The predicted octanol–water partition coefficient (Wildman–Crippen LogP) is 3.72. The predicted molar refractivity (Wildman–Crippen MR) is 130 cm³/mol. The van der Waals surface area contributed by atoms with Gasteiger partial charge in [-0.15, -0.1) is 0 Å². The third-order valence-corrected chi connectivity index (χ3v) is 7.32. The molecule has 2 amide bonds. The number of benzene rings is 2. The van der Waals surface area contributed by atoms with Crippen LogP contribution in [0, 0.1) is 5.82 Å². The van der Waals surface area contributed by atoms with Crippen LogP contribution in [0.5, 0.6) is 0 Å². The highest BCUT2D eigenvalue weighted by molar-refractivity contribution is 7.92. The van der Waals surface area contributed by atoms with Crippen molar-refractivity contribution in [2.24, 2.45) is 0 Å². The number of anilines is 1. The Bertz CT molecular complexity index is 1140. The monoisotopic (exact) mass is 509 g/mol. The lowest BCUT2D eigenvalue weighted by molar-refractivity contribution is -0.139. The highest BCUT2D eigenvalue weighted by atomic mass is 35.5. The van der Waals surface area contributed by atoms with E-state index in [0.29, 0.717) is 5.02 Å². The number of hydrogen-bond acceptors (Lipinski definition) is 4. The van der Waals surface area contributed by atoms with Crippen LogP contribution < -0.4 is 9.62 Å². The summed E-state index contributed by atoms with van der Waals surface area (Å²) in [4.78, 5) is 27.6. The van der Waals surface area contributed by atoms with Gasteiger partial charge in [0.15, 0.2) is 0 Å². The van der Waals surface area contributed by atoms with Gasteiger partial charge in [0.2, 0.25) is 21.8 Å². The normalized spacial score (nSPS) is 15.1. The molecule has 1 aliphatic rings. The molecule has 1 saturated carbocycles. The van der Waals surface area contributed by atoms with Crippen LogP contribution in [0.3, 0.4) is 0 Å². The Morgan fingerprint density at radius 2 is 1.82 bits per heavy atom. The van der Waals surface area contributed by atoms with Crippen LogP contribution in [0.4, 0.5) is 10.1 Å². The summed E-state index contributed by atoms with van der Waals surface area (Å²) in [5.41, 5.74) is 0.447. The van der Waals surface area contributed by atoms with E-state index in [1.165, 1.54) is 35.2 Å². The van der Waals surface area contributed by atoms with E-state index in [1.807, 2.05) is 0 Å². The number of hydrogen-bond donors (Lipinski definition) is 1. The maximum atomic E-state index is 14.4. The van der Waals surface area contributed by atoms with Crippen molar-refractivity contribution < 1.29 is 22.4 Å². The molecule has 0 radical (unpaired) electrons. The SMILES string of the molecule is C[C@H](C(=O)NC1CCCC1)N(Cc1ccccc1F)C(=O)CN(c1cccc(Cl)c1)S(C)(=O)=O. The average Bonchev–Trinajstić information content (AvgIpc) is 3.28. The Morgan fingerprint density at radius 1 is 1.15 bits per heavy atom. The molecule has 0 aromatic heterocycles. The minimum Gasteiger partial charge on any atom is -0.352 e. The molecule has 10 heteroatoms. The highest BCUT2D eigenvalue weighted by Crippen LogP contribution is 2.23. The van der Waals surface area contributed by atoms with Gasteiger partial charge in [-0.05, 0) is 44.0 Å². The van der Waals surface area contributed by atoms with Gasteiger partial charge in [-0.2, -0.15) is 0 Å². The van der Waals surface area contributed by atoms with E-state index in [9.17, 15) is 22.4 Å². The lowest BCUT2D eigenvalue weighted by Crippen LogP contribution is -2.52. The lowest BCUT2D eigenvalue weighted by Gasteiger charge is -2.32. The molecule has 0 unspecified atom stereocenters. The summed E-state index contributed by atoms with van der Waals surface area (Å²) in [5.74, 6) is -1.51. The Morgan fingerprint density at radius 3 is 2.44 bits per heavy atom. The molecule has 0 bridgehead atoms. The van der Waals surface area contributed by atoms with Crippen molar-refractivity contribution in [2.45, 2.75) is 51.2 Å². The van der Waals surface area contributed by atoms with Crippen molar-refractivity contribution in [1.29, 1.82) is 0 Å². The Labute approximate surface area is 204 Å². The summed E-state index contributed by atoms with van der Waals surface area (Å²) >= 11 is 6.02. The minimum absolute atomic E-state index is 0.0411. The average molecular weight is 510 g/mol. The molecule has 1 fully saturated rings. The smallest absolute Gasteiger partial charge is 0.244 e. The van der Waals surface area contributed by atoms with Crippen molar-refractivity contribution in [3.05, 3.63) is 64.9 Å². The number of carbonyl (C=O) groups is 2. The standard InChI is InChI=1S/C24H29ClFN3O4S/c1-17(24(31)27-20-10-4-5-11-20)28(15-18-8-3-6-13-22(18)26)23(30)16-29(34(2,32)33)21-12-7-9-19(25)14-21/h3,6-9,12-14,17,20H,4-5,10-11,15-16H2,1-2H3,(H,27,31)/t17-/m1/s1. The Hall–Kier alpha value is -2.65. The Balaban J connectivity index is 1.89. The second kappa shape index (κ2) is 11.2. The third kappa shape index (κ3) is 6.70. The van der Waals surface area contributed by atoms with E-state index in [1.54, 1.807) is 25.1 Å². The maximum Gasteiger partial charge on any atom is 0.244 e. The van der Waals surface area contributed by atoms with Gasteiger partial charge in [0, 0.05) is 23.2 Å². The van der Waals surface area contributed by atoms with E-state index in [0.717, 1.165) is 36.2 Å². The summed E-state index contributed by atoms with van der Waals surface area (Å²) in [7, 11) is -3.86. The largest absolute Gasteiger partial charge is 0.352 e. The topological polar surface area (TPSA) is 86.8 Å². The molecule has 1 aliphatic carbocycles. The molecular formula is C24H29ClFN3O4S. The number of halogens is 2. The molecule has 0 saturated heterocycles. The number of nitrogens with zero attached hydrogens (tertiary/aromatic N) is 2. The fourth-order valence-electron chi connectivity index (χ4n) is 4.03. The number of rotatable bonds is 9. The van der Waals surface area contributed by atoms with Crippen molar-refractivity contribution >= 4 is 39.1 Å². The van der Waals surface area contributed by atoms with Gasteiger partial charge < -0.3 is 10.2 Å². The molecule has 0 aliphatic heterocycles. The molecular weight excluding hydrogens is 481 g/mol. The van der Waals surface area contributed by atoms with Crippen LogP contribution in [0.1, 0.15) is 38.2 Å². The zero-order chi connectivity index (χ0) is 24.9. The van der Waals surface area contributed by atoms with E-state index in [4.69, 9.17) is 11.6 Å². The van der Waals surface area contributed by atoms with Crippen LogP contribution in [-0.4, -0.2) is 50.0 Å². The maximum absolute atomic E-state index is 14.4. The zero-order valence-corrected chi connectivity index (χ0v) is 20.8.